The molecule has 1 aliphatic rings. The minimum atomic E-state index is -0.0951. The van der Waals surface area contributed by atoms with Gasteiger partial charge in [0.2, 0.25) is 0 Å². The van der Waals surface area contributed by atoms with Crippen molar-refractivity contribution in [3.63, 3.8) is 0 Å². The first-order valence-electron chi connectivity index (χ1n) is 6.12. The normalized spacial score (nSPS) is 14.8. The van der Waals surface area contributed by atoms with E-state index >= 15 is 0 Å². The van der Waals surface area contributed by atoms with E-state index in [0.717, 1.165) is 37.6 Å². The van der Waals surface area contributed by atoms with Crippen LogP contribution in [0.25, 0.3) is 0 Å². The maximum absolute atomic E-state index is 8.76. The van der Waals surface area contributed by atoms with Gasteiger partial charge >= 0.3 is 0 Å². The molecule has 19 heavy (non-hydrogen) atoms. The molecule has 0 aliphatic carbocycles. The molecule has 1 aliphatic heterocycles. The fourth-order valence-electron chi connectivity index (χ4n) is 2.16. The van der Waals surface area contributed by atoms with E-state index in [1.165, 1.54) is 4.88 Å². The Morgan fingerprint density at radius 2 is 2.37 bits per heavy atom. The zero-order valence-electron chi connectivity index (χ0n) is 10.4. The van der Waals surface area contributed by atoms with Crippen LogP contribution in [-0.2, 0) is 19.6 Å². The van der Waals surface area contributed by atoms with Crippen molar-refractivity contribution in [1.29, 1.82) is 0 Å². The van der Waals surface area contributed by atoms with Gasteiger partial charge in [0.25, 0.3) is 0 Å². The highest BCUT2D eigenvalue weighted by atomic mass is 32.1. The number of rotatable bonds is 2. The summed E-state index contributed by atoms with van der Waals surface area (Å²) in [6.07, 6.45) is 1.79. The Morgan fingerprint density at radius 3 is 3.26 bits per heavy atom. The Bertz CT molecular complexity index is 622. The maximum Gasteiger partial charge on any atom is 0.147 e. The summed E-state index contributed by atoms with van der Waals surface area (Å²) in [5.74, 6) is 6.72. The molecule has 0 bridgehead atoms. The molecule has 0 fully saturated rings. The van der Waals surface area contributed by atoms with Crippen LogP contribution in [0.2, 0.25) is 0 Å². The van der Waals surface area contributed by atoms with E-state index in [1.54, 1.807) is 17.7 Å². The van der Waals surface area contributed by atoms with Gasteiger partial charge in [0.05, 0.1) is 6.54 Å². The molecule has 0 spiro atoms. The molecule has 3 heterocycles. The van der Waals surface area contributed by atoms with E-state index in [0.29, 0.717) is 0 Å². The Balaban J connectivity index is 1.71. The van der Waals surface area contributed by atoms with Crippen LogP contribution in [0.4, 0.5) is 0 Å². The van der Waals surface area contributed by atoms with Gasteiger partial charge < -0.3 is 9.67 Å². The fraction of sp³-hybridized carbons (Fsp3) is 0.385. The lowest BCUT2D eigenvalue weighted by Crippen LogP contribution is -2.33. The molecule has 3 rings (SSSR count). The number of aromatic nitrogens is 3. The summed E-state index contributed by atoms with van der Waals surface area (Å²) in [7, 11) is 0. The molecule has 0 atom stereocenters. The van der Waals surface area contributed by atoms with Gasteiger partial charge in [-0.2, -0.15) is 0 Å². The highest BCUT2D eigenvalue weighted by Crippen LogP contribution is 2.20. The number of hydrogen-bond donors (Lipinski definition) is 1. The molecule has 0 radical (unpaired) electrons. The van der Waals surface area contributed by atoms with Crippen LogP contribution < -0.4 is 0 Å². The summed E-state index contributed by atoms with van der Waals surface area (Å²) < 4.78 is 2.09. The Kier molecular flexibility index (Phi) is 3.60. The van der Waals surface area contributed by atoms with Crippen molar-refractivity contribution >= 4 is 11.3 Å². The summed E-state index contributed by atoms with van der Waals surface area (Å²) >= 11 is 1.71. The molecule has 0 amide bonds. The van der Waals surface area contributed by atoms with E-state index in [2.05, 4.69) is 31.5 Å². The van der Waals surface area contributed by atoms with E-state index in [1.807, 2.05) is 11.4 Å². The quantitative estimate of drug-likeness (QED) is 0.819. The van der Waals surface area contributed by atoms with Crippen molar-refractivity contribution in [2.45, 2.75) is 19.6 Å². The number of nitrogens with zero attached hydrogens (tertiary/aromatic N) is 4. The molecule has 2 aromatic heterocycles. The van der Waals surface area contributed by atoms with Crippen molar-refractivity contribution in [3.8, 4) is 11.8 Å². The van der Waals surface area contributed by atoms with Gasteiger partial charge in [-0.25, -0.2) is 0 Å². The van der Waals surface area contributed by atoms with Crippen LogP contribution in [0.3, 0.4) is 0 Å². The number of hydrogen-bond acceptors (Lipinski definition) is 5. The molecule has 98 valence electrons. The van der Waals surface area contributed by atoms with Crippen LogP contribution >= 0.6 is 11.3 Å². The smallest absolute Gasteiger partial charge is 0.147 e. The van der Waals surface area contributed by atoms with Crippen molar-refractivity contribution in [1.82, 2.24) is 19.7 Å². The van der Waals surface area contributed by atoms with Gasteiger partial charge in [-0.05, 0) is 11.4 Å². The second kappa shape index (κ2) is 5.53. The van der Waals surface area contributed by atoms with E-state index in [4.69, 9.17) is 5.11 Å². The van der Waals surface area contributed by atoms with Crippen LogP contribution in [0.1, 0.15) is 16.3 Å². The summed E-state index contributed by atoms with van der Waals surface area (Å²) in [5, 5.41) is 18.9. The number of aliphatic hydroxyl groups is 1. The number of fused-ring (bicyclic) bond motifs is 1. The van der Waals surface area contributed by atoms with Gasteiger partial charge in [0.1, 0.15) is 18.8 Å². The minimum absolute atomic E-state index is 0.0951. The third-order valence-corrected chi connectivity index (χ3v) is 4.04. The second-order valence-corrected chi connectivity index (χ2v) is 5.37. The number of aliphatic hydroxyl groups excluding tert-OH is 1. The molecule has 0 saturated carbocycles. The zero-order chi connectivity index (χ0) is 13.1. The average molecular weight is 274 g/mol. The summed E-state index contributed by atoms with van der Waals surface area (Å²) in [6.45, 7) is 3.54. The zero-order valence-corrected chi connectivity index (χ0v) is 11.2. The topological polar surface area (TPSA) is 54.2 Å². The van der Waals surface area contributed by atoms with Gasteiger partial charge in [-0.1, -0.05) is 11.8 Å². The molecule has 0 aromatic carbocycles. The minimum Gasteiger partial charge on any atom is -0.384 e. The Labute approximate surface area is 115 Å². The SMILES string of the molecule is OCC#Cc1ccsc1CN1CCn2cnnc2C1. The lowest BCUT2D eigenvalue weighted by atomic mass is 10.2. The van der Waals surface area contributed by atoms with Crippen LogP contribution in [0.5, 0.6) is 0 Å². The third-order valence-electron chi connectivity index (χ3n) is 3.13. The first-order chi connectivity index (χ1) is 9.36. The van der Waals surface area contributed by atoms with E-state index in [-0.39, 0.29) is 6.61 Å². The molecule has 2 aromatic rings. The summed E-state index contributed by atoms with van der Waals surface area (Å²) in [4.78, 5) is 3.59. The molecule has 5 nitrogen and oxygen atoms in total. The molecule has 6 heteroatoms. The molecule has 0 saturated heterocycles. The second-order valence-electron chi connectivity index (χ2n) is 4.37. The van der Waals surface area contributed by atoms with Crippen molar-refractivity contribution in [2.24, 2.45) is 0 Å². The average Bonchev–Trinajstić information content (AvgIpc) is 3.05. The van der Waals surface area contributed by atoms with Crippen LogP contribution in [0, 0.1) is 11.8 Å². The maximum atomic E-state index is 8.76. The predicted molar refractivity (Wildman–Crippen MR) is 72.4 cm³/mol. The lowest BCUT2D eigenvalue weighted by Gasteiger charge is -2.26. The van der Waals surface area contributed by atoms with Gasteiger partial charge in [-0.3, -0.25) is 4.90 Å². The largest absolute Gasteiger partial charge is 0.384 e. The van der Waals surface area contributed by atoms with Gasteiger partial charge in [-0.15, -0.1) is 21.5 Å². The number of thiophene rings is 1. The molecular formula is C13H14N4OS. The third kappa shape index (κ3) is 2.68. The Morgan fingerprint density at radius 1 is 1.42 bits per heavy atom. The monoisotopic (exact) mass is 274 g/mol. The highest BCUT2D eigenvalue weighted by Gasteiger charge is 2.18. The standard InChI is InChI=1S/C13H14N4OS/c18-6-1-2-11-3-7-19-12(11)8-16-4-5-17-10-14-15-13(17)9-16/h3,7,10,18H,4-6,8-9H2. The van der Waals surface area contributed by atoms with Gasteiger partial charge in [0.15, 0.2) is 0 Å². The van der Waals surface area contributed by atoms with Crippen molar-refractivity contribution in [2.75, 3.05) is 13.2 Å². The van der Waals surface area contributed by atoms with E-state index in [9.17, 15) is 0 Å². The van der Waals surface area contributed by atoms with Gasteiger partial charge in [0, 0.05) is 30.1 Å². The molecule has 0 unspecified atom stereocenters. The fourth-order valence-corrected chi connectivity index (χ4v) is 3.04. The van der Waals surface area contributed by atoms with Crippen molar-refractivity contribution in [3.05, 3.63) is 34.0 Å². The summed E-state index contributed by atoms with van der Waals surface area (Å²) in [5.41, 5.74) is 1.02. The first kappa shape index (κ1) is 12.4. The van der Waals surface area contributed by atoms with Crippen LogP contribution in [0.15, 0.2) is 17.8 Å². The van der Waals surface area contributed by atoms with Crippen LogP contribution in [-0.4, -0.2) is 37.9 Å². The Hall–Kier alpha value is -1.68. The first-order valence-corrected chi connectivity index (χ1v) is 7.00. The predicted octanol–water partition coefficient (Wildman–Crippen LogP) is 0.699. The molecule has 1 N–H and O–H groups in total. The molecular weight excluding hydrogens is 260 g/mol. The highest BCUT2D eigenvalue weighted by molar-refractivity contribution is 7.10. The van der Waals surface area contributed by atoms with E-state index < -0.39 is 0 Å². The lowest BCUT2D eigenvalue weighted by molar-refractivity contribution is 0.210. The summed E-state index contributed by atoms with van der Waals surface area (Å²) in [6, 6.07) is 2.01. The van der Waals surface area contributed by atoms with Crippen molar-refractivity contribution < 1.29 is 5.11 Å².